The molecular formula is C21H31F3N6. The second kappa shape index (κ2) is 7.59. The van der Waals surface area contributed by atoms with Crippen molar-refractivity contribution < 1.29 is 13.2 Å². The van der Waals surface area contributed by atoms with Crippen molar-refractivity contribution in [2.75, 3.05) is 11.9 Å². The number of hydrogen-bond acceptors (Lipinski definition) is 4. The summed E-state index contributed by atoms with van der Waals surface area (Å²) >= 11 is 0. The number of H-pyrrole nitrogens is 1. The molecule has 0 unspecified atom stereocenters. The molecule has 2 N–H and O–H groups in total. The van der Waals surface area contributed by atoms with Crippen LogP contribution in [0.4, 0.5) is 19.0 Å². The third kappa shape index (κ3) is 3.96. The van der Waals surface area contributed by atoms with Gasteiger partial charge in [0.15, 0.2) is 6.04 Å². The highest BCUT2D eigenvalue weighted by atomic mass is 19.4. The molecule has 2 aromatic heterocycles. The molecule has 2 aliphatic rings. The fourth-order valence-electron chi connectivity index (χ4n) is 4.75. The molecule has 0 radical (unpaired) electrons. The van der Waals surface area contributed by atoms with E-state index in [0.717, 1.165) is 41.0 Å². The van der Waals surface area contributed by atoms with Crippen LogP contribution in [-0.2, 0) is 12.0 Å². The predicted octanol–water partition coefficient (Wildman–Crippen LogP) is 4.94. The van der Waals surface area contributed by atoms with Gasteiger partial charge in [0.2, 0.25) is 0 Å². The smallest absolute Gasteiger partial charge is 0.367 e. The average molecular weight is 425 g/mol. The highest BCUT2D eigenvalue weighted by Crippen LogP contribution is 2.42. The van der Waals surface area contributed by atoms with Gasteiger partial charge < -0.3 is 5.32 Å². The molecule has 30 heavy (non-hydrogen) atoms. The Hall–Kier alpha value is -2.03. The van der Waals surface area contributed by atoms with Crippen molar-refractivity contribution >= 4 is 5.82 Å². The summed E-state index contributed by atoms with van der Waals surface area (Å²) in [5.41, 5.74) is 2.91. The Morgan fingerprint density at radius 2 is 2.00 bits per heavy atom. The lowest BCUT2D eigenvalue weighted by Gasteiger charge is -2.32. The molecule has 2 aromatic rings. The second-order valence-corrected chi connectivity index (χ2v) is 9.59. The van der Waals surface area contributed by atoms with E-state index in [9.17, 15) is 13.2 Å². The lowest BCUT2D eigenvalue weighted by Crippen LogP contribution is -2.38. The van der Waals surface area contributed by atoms with E-state index in [2.05, 4.69) is 46.3 Å². The molecule has 1 saturated heterocycles. The summed E-state index contributed by atoms with van der Waals surface area (Å²) in [6, 6.07) is 0.0859. The molecule has 9 heteroatoms. The van der Waals surface area contributed by atoms with Crippen LogP contribution in [0.25, 0.3) is 0 Å². The van der Waals surface area contributed by atoms with Gasteiger partial charge in [0.1, 0.15) is 5.82 Å². The van der Waals surface area contributed by atoms with E-state index in [-0.39, 0.29) is 23.9 Å². The molecular weight excluding hydrogens is 393 g/mol. The van der Waals surface area contributed by atoms with Crippen LogP contribution in [0.5, 0.6) is 0 Å². The van der Waals surface area contributed by atoms with Gasteiger partial charge in [0.25, 0.3) is 0 Å². The number of anilines is 1. The van der Waals surface area contributed by atoms with Crippen LogP contribution >= 0.6 is 0 Å². The first-order valence-corrected chi connectivity index (χ1v) is 10.8. The van der Waals surface area contributed by atoms with Crippen LogP contribution in [0.2, 0.25) is 0 Å². The predicted molar refractivity (Wildman–Crippen MR) is 109 cm³/mol. The van der Waals surface area contributed by atoms with Gasteiger partial charge in [-0.3, -0.25) is 10.00 Å². The number of alkyl halides is 3. The van der Waals surface area contributed by atoms with Crippen molar-refractivity contribution in [2.24, 2.45) is 0 Å². The lowest BCUT2D eigenvalue weighted by atomic mass is 9.89. The number of rotatable bonds is 4. The van der Waals surface area contributed by atoms with Gasteiger partial charge in [-0.05, 0) is 32.2 Å². The van der Waals surface area contributed by atoms with Crippen LogP contribution in [-0.4, -0.2) is 43.6 Å². The SMILES string of the molecule is CC[C@@H]1C[C@H](C(F)(F)F)n2nc([C@H]3CCCN3Cc3cn[nH]c3C(C)(C)C)cc2N1. The summed E-state index contributed by atoms with van der Waals surface area (Å²) in [5.74, 6) is 0.482. The summed E-state index contributed by atoms with van der Waals surface area (Å²) in [6.45, 7) is 9.94. The summed E-state index contributed by atoms with van der Waals surface area (Å²) in [5, 5.41) is 15.1. The Kier molecular flexibility index (Phi) is 5.36. The maximum absolute atomic E-state index is 13.7. The van der Waals surface area contributed by atoms with Crippen molar-refractivity contribution in [3.63, 3.8) is 0 Å². The minimum atomic E-state index is -4.30. The second-order valence-electron chi connectivity index (χ2n) is 9.59. The van der Waals surface area contributed by atoms with Gasteiger partial charge in [-0.25, -0.2) is 4.68 Å². The number of hydrogen-bond donors (Lipinski definition) is 2. The van der Waals surface area contributed by atoms with Crippen LogP contribution in [0.15, 0.2) is 12.3 Å². The molecule has 0 spiro atoms. The summed E-state index contributed by atoms with van der Waals surface area (Å²) in [6.07, 6.45) is 0.129. The molecule has 2 aliphatic heterocycles. The van der Waals surface area contributed by atoms with Crippen molar-refractivity contribution in [1.29, 1.82) is 0 Å². The van der Waals surface area contributed by atoms with E-state index in [1.807, 2.05) is 19.2 Å². The van der Waals surface area contributed by atoms with Crippen LogP contribution < -0.4 is 5.32 Å². The molecule has 0 aromatic carbocycles. The highest BCUT2D eigenvalue weighted by molar-refractivity contribution is 5.42. The first-order valence-electron chi connectivity index (χ1n) is 10.8. The Labute approximate surface area is 175 Å². The molecule has 3 atom stereocenters. The average Bonchev–Trinajstić information content (AvgIpc) is 3.38. The summed E-state index contributed by atoms with van der Waals surface area (Å²) < 4.78 is 42.2. The molecule has 0 bridgehead atoms. The molecule has 6 nitrogen and oxygen atoms in total. The van der Waals surface area contributed by atoms with Crippen molar-refractivity contribution in [1.82, 2.24) is 24.9 Å². The van der Waals surface area contributed by atoms with E-state index in [1.54, 1.807) is 0 Å². The summed E-state index contributed by atoms with van der Waals surface area (Å²) in [7, 11) is 0. The first kappa shape index (κ1) is 21.2. The fraction of sp³-hybridized carbons (Fsp3) is 0.714. The number of nitrogens with one attached hydrogen (secondary N) is 2. The van der Waals surface area contributed by atoms with Gasteiger partial charge in [-0.2, -0.15) is 23.4 Å². The van der Waals surface area contributed by atoms with Crippen LogP contribution in [0, 0.1) is 0 Å². The number of fused-ring (bicyclic) bond motifs is 1. The van der Waals surface area contributed by atoms with Gasteiger partial charge in [-0.15, -0.1) is 0 Å². The van der Waals surface area contributed by atoms with E-state index < -0.39 is 12.2 Å². The van der Waals surface area contributed by atoms with Crippen LogP contribution in [0.1, 0.15) is 82.4 Å². The fourth-order valence-corrected chi connectivity index (χ4v) is 4.75. The Morgan fingerprint density at radius 1 is 1.23 bits per heavy atom. The minimum absolute atomic E-state index is 0.0154. The number of aromatic amines is 1. The lowest BCUT2D eigenvalue weighted by molar-refractivity contribution is -0.173. The molecule has 1 fully saturated rings. The molecule has 0 amide bonds. The van der Waals surface area contributed by atoms with E-state index >= 15 is 0 Å². The maximum Gasteiger partial charge on any atom is 0.410 e. The van der Waals surface area contributed by atoms with E-state index in [4.69, 9.17) is 0 Å². The number of halogens is 3. The molecule has 4 rings (SSSR count). The standard InChI is InChI=1S/C21H31F3N6/c1-5-14-9-17(21(22,23)24)30-18(26-14)10-15(28-30)16-7-6-8-29(16)12-13-11-25-27-19(13)20(2,3)4/h10-11,14,16-17,26H,5-9,12H2,1-4H3,(H,25,27)/t14-,16-,17-/m1/s1. The first-order chi connectivity index (χ1) is 14.1. The normalized spacial score (nSPS) is 25.4. The maximum atomic E-state index is 13.7. The Bertz CT molecular complexity index is 878. The number of aromatic nitrogens is 4. The van der Waals surface area contributed by atoms with Gasteiger partial charge >= 0.3 is 6.18 Å². The molecule has 166 valence electrons. The van der Waals surface area contributed by atoms with E-state index in [1.165, 1.54) is 0 Å². The number of likely N-dealkylation sites (tertiary alicyclic amines) is 1. The third-order valence-corrected chi connectivity index (χ3v) is 6.33. The monoisotopic (exact) mass is 424 g/mol. The molecule has 0 saturated carbocycles. The third-order valence-electron chi connectivity index (χ3n) is 6.33. The van der Waals surface area contributed by atoms with Gasteiger partial charge in [0.05, 0.1) is 17.9 Å². The highest BCUT2D eigenvalue weighted by Gasteiger charge is 2.46. The van der Waals surface area contributed by atoms with Gasteiger partial charge in [-0.1, -0.05) is 27.7 Å². The van der Waals surface area contributed by atoms with Gasteiger partial charge in [0, 0.05) is 35.3 Å². The zero-order valence-corrected chi connectivity index (χ0v) is 18.1. The van der Waals surface area contributed by atoms with E-state index in [0.29, 0.717) is 18.8 Å². The minimum Gasteiger partial charge on any atom is -0.367 e. The molecule has 0 aliphatic carbocycles. The van der Waals surface area contributed by atoms with Crippen molar-refractivity contribution in [2.45, 2.75) is 89.6 Å². The Balaban J connectivity index is 1.60. The number of nitrogens with zero attached hydrogens (tertiary/aromatic N) is 4. The van der Waals surface area contributed by atoms with Crippen molar-refractivity contribution in [3.8, 4) is 0 Å². The van der Waals surface area contributed by atoms with Crippen LogP contribution in [0.3, 0.4) is 0 Å². The van der Waals surface area contributed by atoms with Crippen molar-refractivity contribution in [3.05, 3.63) is 29.2 Å². The largest absolute Gasteiger partial charge is 0.410 e. The molecule has 4 heterocycles. The Morgan fingerprint density at radius 3 is 2.67 bits per heavy atom. The quantitative estimate of drug-likeness (QED) is 0.730. The summed E-state index contributed by atoms with van der Waals surface area (Å²) in [4.78, 5) is 2.31. The zero-order valence-electron chi connectivity index (χ0n) is 18.1. The topological polar surface area (TPSA) is 61.8 Å². The zero-order chi connectivity index (χ0) is 21.7.